The van der Waals surface area contributed by atoms with E-state index in [0.717, 1.165) is 13.1 Å². The van der Waals surface area contributed by atoms with Gasteiger partial charge in [0.1, 0.15) is 0 Å². The Kier molecular flexibility index (Phi) is 2.48. The molecular formula is C5H13N3O2S. The van der Waals surface area contributed by atoms with E-state index in [9.17, 15) is 8.42 Å². The lowest BCUT2D eigenvalue weighted by Crippen LogP contribution is -2.58. The summed E-state index contributed by atoms with van der Waals surface area (Å²) < 4.78 is 25.9. The Hall–Kier alpha value is -0.170. The van der Waals surface area contributed by atoms with E-state index in [1.165, 1.54) is 11.4 Å². The minimum atomic E-state index is -3.21. The van der Waals surface area contributed by atoms with Crippen molar-refractivity contribution in [1.82, 2.24) is 14.3 Å². The van der Waals surface area contributed by atoms with Crippen LogP contribution in [0, 0.1) is 0 Å². The number of hydrogen-bond donors (Lipinski definition) is 2. The summed E-state index contributed by atoms with van der Waals surface area (Å²) in [5.41, 5.74) is 0. The molecule has 1 aliphatic rings. The van der Waals surface area contributed by atoms with Gasteiger partial charge in [-0.3, -0.25) is 0 Å². The smallest absolute Gasteiger partial charge is 0.279 e. The topological polar surface area (TPSA) is 61.4 Å². The predicted octanol–water partition coefficient (Wildman–Crippen LogP) is -1.65. The Morgan fingerprint density at radius 2 is 2.09 bits per heavy atom. The molecule has 1 heterocycles. The average Bonchev–Trinajstić information content (AvgIpc) is 1.84. The molecule has 1 aliphatic heterocycles. The van der Waals surface area contributed by atoms with E-state index in [1.807, 2.05) is 0 Å². The first-order valence-corrected chi connectivity index (χ1v) is 4.89. The van der Waals surface area contributed by atoms with E-state index < -0.39 is 10.2 Å². The van der Waals surface area contributed by atoms with Crippen LogP contribution in [0.3, 0.4) is 0 Å². The van der Waals surface area contributed by atoms with Gasteiger partial charge in [-0.25, -0.2) is 4.72 Å². The lowest BCUT2D eigenvalue weighted by molar-refractivity contribution is 0.272. The summed E-state index contributed by atoms with van der Waals surface area (Å²) in [6, 6.07) is 0.118. The summed E-state index contributed by atoms with van der Waals surface area (Å²) in [5.74, 6) is 0. The third kappa shape index (κ3) is 1.70. The quantitative estimate of drug-likeness (QED) is 0.546. The Labute approximate surface area is 66.9 Å². The van der Waals surface area contributed by atoms with Crippen LogP contribution in [-0.4, -0.2) is 45.9 Å². The largest absolute Gasteiger partial charge is 0.313 e. The molecule has 66 valence electrons. The Morgan fingerprint density at radius 1 is 1.55 bits per heavy atom. The molecule has 11 heavy (non-hydrogen) atoms. The molecule has 0 aromatic heterocycles. The molecule has 1 rings (SSSR count). The fourth-order valence-corrected chi connectivity index (χ4v) is 1.70. The van der Waals surface area contributed by atoms with Crippen LogP contribution in [0.4, 0.5) is 0 Å². The standard InChI is InChI=1S/C5H13N3O2S/c1-6-11(9,10)8(2)5-3-7-4-5/h5-7H,3-4H2,1-2H3. The number of nitrogens with one attached hydrogen (secondary N) is 2. The second-order valence-electron chi connectivity index (χ2n) is 2.54. The summed E-state index contributed by atoms with van der Waals surface area (Å²) in [7, 11) is -0.220. The molecule has 0 unspecified atom stereocenters. The lowest BCUT2D eigenvalue weighted by atomic mass is 10.2. The molecule has 0 spiro atoms. The number of rotatable bonds is 3. The van der Waals surface area contributed by atoms with Crippen LogP contribution < -0.4 is 10.0 Å². The van der Waals surface area contributed by atoms with Crippen molar-refractivity contribution in [2.24, 2.45) is 0 Å². The van der Waals surface area contributed by atoms with Gasteiger partial charge in [0.15, 0.2) is 0 Å². The van der Waals surface area contributed by atoms with Crippen molar-refractivity contribution in [3.63, 3.8) is 0 Å². The predicted molar refractivity (Wildman–Crippen MR) is 42.4 cm³/mol. The van der Waals surface area contributed by atoms with Crippen LogP contribution in [0.2, 0.25) is 0 Å². The molecule has 5 nitrogen and oxygen atoms in total. The van der Waals surface area contributed by atoms with Crippen molar-refractivity contribution in [2.75, 3.05) is 27.2 Å². The van der Waals surface area contributed by atoms with Gasteiger partial charge in [0.25, 0.3) is 10.2 Å². The van der Waals surface area contributed by atoms with E-state index >= 15 is 0 Å². The van der Waals surface area contributed by atoms with Gasteiger partial charge in [0.05, 0.1) is 6.04 Å². The molecule has 0 radical (unpaired) electrons. The third-order valence-electron chi connectivity index (χ3n) is 1.91. The van der Waals surface area contributed by atoms with Crippen molar-refractivity contribution in [3.8, 4) is 0 Å². The first-order valence-electron chi connectivity index (χ1n) is 3.45. The summed E-state index contributed by atoms with van der Waals surface area (Å²) in [6.45, 7) is 1.49. The van der Waals surface area contributed by atoms with Crippen molar-refractivity contribution in [1.29, 1.82) is 0 Å². The molecule has 0 atom stereocenters. The van der Waals surface area contributed by atoms with Crippen molar-refractivity contribution < 1.29 is 8.42 Å². The summed E-state index contributed by atoms with van der Waals surface area (Å²) >= 11 is 0. The zero-order valence-corrected chi connectivity index (χ0v) is 7.48. The zero-order chi connectivity index (χ0) is 8.48. The van der Waals surface area contributed by atoms with Gasteiger partial charge in [-0.2, -0.15) is 12.7 Å². The molecule has 0 bridgehead atoms. The van der Waals surface area contributed by atoms with Crippen LogP contribution in [0.15, 0.2) is 0 Å². The van der Waals surface area contributed by atoms with E-state index in [4.69, 9.17) is 0 Å². The van der Waals surface area contributed by atoms with Gasteiger partial charge in [-0.05, 0) is 0 Å². The first kappa shape index (κ1) is 8.92. The molecule has 1 fully saturated rings. The van der Waals surface area contributed by atoms with E-state index in [0.29, 0.717) is 0 Å². The fraction of sp³-hybridized carbons (Fsp3) is 1.00. The Balaban J connectivity index is 2.59. The summed E-state index contributed by atoms with van der Waals surface area (Å²) in [5, 5.41) is 3.00. The van der Waals surface area contributed by atoms with Crippen molar-refractivity contribution >= 4 is 10.2 Å². The fourth-order valence-electron chi connectivity index (χ4n) is 0.871. The maximum absolute atomic E-state index is 11.1. The molecule has 0 aliphatic carbocycles. The highest BCUT2D eigenvalue weighted by Gasteiger charge is 2.28. The van der Waals surface area contributed by atoms with E-state index in [2.05, 4.69) is 10.0 Å². The summed E-state index contributed by atoms with van der Waals surface area (Å²) in [4.78, 5) is 0. The lowest BCUT2D eigenvalue weighted by Gasteiger charge is -2.34. The van der Waals surface area contributed by atoms with E-state index in [1.54, 1.807) is 7.05 Å². The maximum atomic E-state index is 11.1. The minimum absolute atomic E-state index is 0.118. The molecule has 1 saturated heterocycles. The molecule has 0 amide bonds. The van der Waals surface area contributed by atoms with Gasteiger partial charge in [-0.1, -0.05) is 0 Å². The van der Waals surface area contributed by atoms with Crippen molar-refractivity contribution in [2.45, 2.75) is 6.04 Å². The van der Waals surface area contributed by atoms with Gasteiger partial charge >= 0.3 is 0 Å². The minimum Gasteiger partial charge on any atom is -0.313 e. The zero-order valence-electron chi connectivity index (χ0n) is 6.66. The van der Waals surface area contributed by atoms with Crippen molar-refractivity contribution in [3.05, 3.63) is 0 Å². The summed E-state index contributed by atoms with van der Waals surface area (Å²) in [6.07, 6.45) is 0. The molecular weight excluding hydrogens is 166 g/mol. The van der Waals surface area contributed by atoms with Crippen LogP contribution in [0.25, 0.3) is 0 Å². The van der Waals surface area contributed by atoms with Crippen LogP contribution >= 0.6 is 0 Å². The third-order valence-corrected chi connectivity index (χ3v) is 3.48. The second kappa shape index (κ2) is 3.06. The normalized spacial score (nSPS) is 20.3. The Morgan fingerprint density at radius 3 is 2.36 bits per heavy atom. The number of likely N-dealkylation sites (N-methyl/N-ethyl adjacent to an activating group) is 1. The first-order chi connectivity index (χ1) is 5.08. The molecule has 6 heteroatoms. The van der Waals surface area contributed by atoms with Crippen LogP contribution in [-0.2, 0) is 10.2 Å². The Bertz CT molecular complexity index is 222. The van der Waals surface area contributed by atoms with Gasteiger partial charge in [-0.15, -0.1) is 0 Å². The molecule has 2 N–H and O–H groups in total. The number of nitrogens with zero attached hydrogens (tertiary/aromatic N) is 1. The van der Waals surface area contributed by atoms with Crippen LogP contribution in [0.1, 0.15) is 0 Å². The molecule has 0 saturated carbocycles. The SMILES string of the molecule is CNS(=O)(=O)N(C)C1CNC1. The monoisotopic (exact) mass is 179 g/mol. The van der Waals surface area contributed by atoms with Gasteiger partial charge in [0, 0.05) is 27.2 Å². The molecule has 0 aromatic carbocycles. The highest BCUT2D eigenvalue weighted by Crippen LogP contribution is 2.05. The van der Waals surface area contributed by atoms with E-state index in [-0.39, 0.29) is 6.04 Å². The van der Waals surface area contributed by atoms with Gasteiger partial charge in [0.2, 0.25) is 0 Å². The second-order valence-corrected chi connectivity index (χ2v) is 4.47. The van der Waals surface area contributed by atoms with Gasteiger partial charge < -0.3 is 5.32 Å². The van der Waals surface area contributed by atoms with Crippen LogP contribution in [0.5, 0.6) is 0 Å². The highest BCUT2D eigenvalue weighted by atomic mass is 32.2. The molecule has 0 aromatic rings. The highest BCUT2D eigenvalue weighted by molar-refractivity contribution is 7.87. The average molecular weight is 179 g/mol. The maximum Gasteiger partial charge on any atom is 0.279 e. The number of hydrogen-bond acceptors (Lipinski definition) is 3.